The van der Waals surface area contributed by atoms with E-state index in [1.54, 1.807) is 0 Å². The number of aldehydes is 1. The molecule has 0 aliphatic heterocycles. The Labute approximate surface area is 70.3 Å². The van der Waals surface area contributed by atoms with Crippen molar-refractivity contribution in [1.82, 2.24) is 0 Å². The van der Waals surface area contributed by atoms with Gasteiger partial charge in [0.1, 0.15) is 12.2 Å². The van der Waals surface area contributed by atoms with Crippen LogP contribution in [0.3, 0.4) is 0 Å². The van der Waals surface area contributed by atoms with E-state index in [0.717, 1.165) is 0 Å². The van der Waals surface area contributed by atoms with E-state index in [4.69, 9.17) is 20.4 Å². The van der Waals surface area contributed by atoms with Crippen molar-refractivity contribution in [2.75, 3.05) is 0 Å². The maximum absolute atomic E-state index is 9.95. The summed E-state index contributed by atoms with van der Waals surface area (Å²) in [5.74, 6) is 0. The molecule has 0 rings (SSSR count). The highest BCUT2D eigenvalue weighted by Crippen LogP contribution is 2.05. The van der Waals surface area contributed by atoms with Crippen LogP contribution in [-0.2, 0) is 4.79 Å². The Kier molecular flexibility index (Phi) is 5.00. The van der Waals surface area contributed by atoms with Gasteiger partial charge in [-0.1, -0.05) is 0 Å². The minimum Gasteiger partial charge on any atom is -0.393 e. The average Bonchev–Trinajstić information content (AvgIpc) is 2.00. The van der Waals surface area contributed by atoms with E-state index in [1.165, 1.54) is 6.92 Å². The first-order valence-corrected chi connectivity index (χ1v) is 3.66. The number of hydrogen-bond donors (Lipinski definition) is 4. The fourth-order valence-electron chi connectivity index (χ4n) is 0.797. The minimum atomic E-state index is -1.60. The molecule has 5 heteroatoms. The van der Waals surface area contributed by atoms with E-state index in [9.17, 15) is 4.79 Å². The molecule has 0 saturated heterocycles. The van der Waals surface area contributed by atoms with Crippen molar-refractivity contribution in [2.45, 2.75) is 37.8 Å². The van der Waals surface area contributed by atoms with E-state index in [2.05, 4.69) is 0 Å². The maximum Gasteiger partial charge on any atom is 0.151 e. The summed E-state index contributed by atoms with van der Waals surface area (Å²) in [4.78, 5) is 9.95. The topological polar surface area (TPSA) is 98.0 Å². The molecule has 4 unspecified atom stereocenters. The van der Waals surface area contributed by atoms with E-state index in [1.807, 2.05) is 0 Å². The molecule has 5 nitrogen and oxygen atoms in total. The monoisotopic (exact) mass is 178 g/mol. The summed E-state index contributed by atoms with van der Waals surface area (Å²) in [6.07, 6.45) is -5.14. The summed E-state index contributed by atoms with van der Waals surface area (Å²) in [5.41, 5.74) is 0. The van der Waals surface area contributed by atoms with Crippen LogP contribution >= 0.6 is 0 Å². The lowest BCUT2D eigenvalue weighted by atomic mass is 10.0. The Morgan fingerprint density at radius 3 is 2.08 bits per heavy atom. The molecule has 72 valence electrons. The zero-order valence-corrected chi connectivity index (χ0v) is 6.79. The normalized spacial score (nSPS) is 21.1. The zero-order valence-electron chi connectivity index (χ0n) is 6.79. The summed E-state index contributed by atoms with van der Waals surface area (Å²) in [6.45, 7) is 1.43. The number of carbonyl (C=O) groups is 1. The van der Waals surface area contributed by atoms with Crippen LogP contribution in [0, 0.1) is 0 Å². The van der Waals surface area contributed by atoms with Crippen LogP contribution in [0.4, 0.5) is 0 Å². The van der Waals surface area contributed by atoms with Gasteiger partial charge in [-0.3, -0.25) is 0 Å². The van der Waals surface area contributed by atoms with Crippen molar-refractivity contribution in [3.8, 4) is 0 Å². The summed E-state index contributed by atoms with van der Waals surface area (Å²) in [7, 11) is 0. The second kappa shape index (κ2) is 5.21. The van der Waals surface area contributed by atoms with Gasteiger partial charge in [0, 0.05) is 6.42 Å². The smallest absolute Gasteiger partial charge is 0.151 e. The van der Waals surface area contributed by atoms with Crippen molar-refractivity contribution in [1.29, 1.82) is 0 Å². The largest absolute Gasteiger partial charge is 0.393 e. The van der Waals surface area contributed by atoms with Gasteiger partial charge >= 0.3 is 0 Å². The van der Waals surface area contributed by atoms with Crippen LogP contribution in [0.5, 0.6) is 0 Å². The van der Waals surface area contributed by atoms with Gasteiger partial charge in [0.25, 0.3) is 0 Å². The van der Waals surface area contributed by atoms with Gasteiger partial charge in [-0.05, 0) is 6.92 Å². The number of carbonyl (C=O) groups excluding carboxylic acids is 1. The van der Waals surface area contributed by atoms with Gasteiger partial charge in [-0.25, -0.2) is 0 Å². The Morgan fingerprint density at radius 2 is 1.75 bits per heavy atom. The molecule has 0 spiro atoms. The highest BCUT2D eigenvalue weighted by molar-refractivity contribution is 5.56. The summed E-state index contributed by atoms with van der Waals surface area (Å²) in [5, 5.41) is 35.6. The lowest BCUT2D eigenvalue weighted by Crippen LogP contribution is -2.39. The first-order chi connectivity index (χ1) is 5.49. The van der Waals surface area contributed by atoms with Gasteiger partial charge in [0.05, 0.1) is 12.2 Å². The lowest BCUT2D eigenvalue weighted by Gasteiger charge is -2.20. The zero-order chi connectivity index (χ0) is 9.72. The first kappa shape index (κ1) is 11.5. The fraction of sp³-hybridized carbons (Fsp3) is 0.857. The van der Waals surface area contributed by atoms with Crippen molar-refractivity contribution in [3.05, 3.63) is 0 Å². The molecule has 0 amide bonds. The van der Waals surface area contributed by atoms with Crippen LogP contribution in [0.15, 0.2) is 0 Å². The molecule has 0 aromatic rings. The van der Waals surface area contributed by atoms with Gasteiger partial charge in [-0.15, -0.1) is 0 Å². The van der Waals surface area contributed by atoms with Gasteiger partial charge in [0.15, 0.2) is 6.29 Å². The number of aliphatic hydroxyl groups is 4. The summed E-state index contributed by atoms with van der Waals surface area (Å²) in [6, 6.07) is 0. The molecule has 0 aliphatic carbocycles. The molecular formula is C7H14O5. The molecule has 0 aromatic heterocycles. The first-order valence-electron chi connectivity index (χ1n) is 3.66. The van der Waals surface area contributed by atoms with Crippen LogP contribution in [0.25, 0.3) is 0 Å². The van der Waals surface area contributed by atoms with Crippen LogP contribution < -0.4 is 0 Å². The predicted octanol–water partition coefficient (Wildman–Crippen LogP) is -1.96. The van der Waals surface area contributed by atoms with Gasteiger partial charge in [0.2, 0.25) is 0 Å². The molecule has 0 aromatic carbocycles. The highest BCUT2D eigenvalue weighted by atomic mass is 16.4. The minimum absolute atomic E-state index is 0.0773. The Balaban J connectivity index is 3.91. The summed E-state index contributed by atoms with van der Waals surface area (Å²) >= 11 is 0. The maximum atomic E-state index is 9.95. The van der Waals surface area contributed by atoms with E-state index < -0.39 is 24.4 Å². The van der Waals surface area contributed by atoms with Crippen LogP contribution in [0.2, 0.25) is 0 Å². The predicted molar refractivity (Wildman–Crippen MR) is 40.4 cm³/mol. The third-order valence-electron chi connectivity index (χ3n) is 1.47. The molecule has 0 radical (unpaired) electrons. The molecule has 0 saturated carbocycles. The third kappa shape index (κ3) is 3.77. The standard InChI is InChI=1S/C7H14O5/c1-4(9)2-5(10)7(12)6(11)3-8/h3-7,9-12H,2H2,1H3. The molecule has 4 atom stereocenters. The highest BCUT2D eigenvalue weighted by Gasteiger charge is 2.24. The van der Waals surface area contributed by atoms with Gasteiger partial charge < -0.3 is 25.2 Å². The second-order valence-corrected chi connectivity index (χ2v) is 2.77. The number of hydrogen-bond acceptors (Lipinski definition) is 5. The van der Waals surface area contributed by atoms with Crippen molar-refractivity contribution in [3.63, 3.8) is 0 Å². The van der Waals surface area contributed by atoms with Crippen molar-refractivity contribution < 1.29 is 25.2 Å². The van der Waals surface area contributed by atoms with Crippen molar-refractivity contribution in [2.24, 2.45) is 0 Å². The Morgan fingerprint density at radius 1 is 1.25 bits per heavy atom. The number of rotatable bonds is 5. The Hall–Kier alpha value is -0.490. The molecule has 0 fully saturated rings. The lowest BCUT2D eigenvalue weighted by molar-refractivity contribution is -0.127. The third-order valence-corrected chi connectivity index (χ3v) is 1.47. The number of aliphatic hydroxyl groups excluding tert-OH is 4. The molecule has 0 aliphatic rings. The van der Waals surface area contributed by atoms with E-state index in [0.29, 0.717) is 0 Å². The molecular weight excluding hydrogens is 164 g/mol. The second-order valence-electron chi connectivity index (χ2n) is 2.77. The van der Waals surface area contributed by atoms with Gasteiger partial charge in [-0.2, -0.15) is 0 Å². The summed E-state index contributed by atoms with van der Waals surface area (Å²) < 4.78 is 0. The van der Waals surface area contributed by atoms with Crippen LogP contribution in [0.1, 0.15) is 13.3 Å². The molecule has 12 heavy (non-hydrogen) atoms. The fourth-order valence-corrected chi connectivity index (χ4v) is 0.797. The van der Waals surface area contributed by atoms with E-state index >= 15 is 0 Å². The van der Waals surface area contributed by atoms with E-state index in [-0.39, 0.29) is 12.7 Å². The van der Waals surface area contributed by atoms with Crippen LogP contribution in [-0.4, -0.2) is 51.1 Å². The average molecular weight is 178 g/mol. The quantitative estimate of drug-likeness (QED) is 0.366. The molecule has 4 N–H and O–H groups in total. The Bertz CT molecular complexity index is 136. The molecule has 0 bridgehead atoms. The molecule has 0 heterocycles. The SMILES string of the molecule is CC(O)CC(O)C(O)C(O)C=O. The van der Waals surface area contributed by atoms with Crippen molar-refractivity contribution >= 4 is 6.29 Å².